The SMILES string of the molecule is C[SiH]1CCCCO[SiH2][Si](=O)[Si](=O)[Si](=O)[Si](=O)O1. The highest BCUT2D eigenvalue weighted by atomic mass is 29.9. The van der Waals surface area contributed by atoms with Crippen LogP contribution in [0.4, 0.5) is 0 Å². The van der Waals surface area contributed by atoms with Gasteiger partial charge < -0.3 is 26.4 Å². The maximum atomic E-state index is 11.7. The minimum atomic E-state index is -2.81. The van der Waals surface area contributed by atoms with E-state index in [2.05, 4.69) is 0 Å². The summed E-state index contributed by atoms with van der Waals surface area (Å²) in [5.74, 6) is 0. The van der Waals surface area contributed by atoms with E-state index in [0.29, 0.717) is 6.61 Å². The maximum absolute atomic E-state index is 11.7. The van der Waals surface area contributed by atoms with Crippen molar-refractivity contribution in [3.8, 4) is 0 Å². The van der Waals surface area contributed by atoms with E-state index in [4.69, 9.17) is 8.54 Å². The van der Waals surface area contributed by atoms with Crippen molar-refractivity contribution in [3.63, 3.8) is 0 Å². The van der Waals surface area contributed by atoms with E-state index in [1.807, 2.05) is 6.55 Å². The molecule has 0 N–H and O–H groups in total. The van der Waals surface area contributed by atoms with E-state index in [9.17, 15) is 17.8 Å². The standard InChI is InChI=1S/C5H14O6Si6/c1-13-5-3-2-4-10-12-15(7)17(9)16(8)14(6)11-13/h13H,2-5,12H2,1H3. The van der Waals surface area contributed by atoms with Crippen LogP contribution >= 0.6 is 0 Å². The third kappa shape index (κ3) is 5.18. The summed E-state index contributed by atoms with van der Waals surface area (Å²) < 4.78 is 57.0. The van der Waals surface area contributed by atoms with Gasteiger partial charge in [-0.1, -0.05) is 6.42 Å². The Morgan fingerprint density at radius 2 is 1.82 bits per heavy atom. The Morgan fingerprint density at radius 1 is 1.12 bits per heavy atom. The summed E-state index contributed by atoms with van der Waals surface area (Å²) in [6, 6.07) is 0.854. The van der Waals surface area contributed by atoms with Gasteiger partial charge in [-0.3, -0.25) is 0 Å². The first kappa shape index (κ1) is 15.3. The van der Waals surface area contributed by atoms with Crippen molar-refractivity contribution < 1.29 is 26.4 Å². The monoisotopic (exact) mass is 338 g/mol. The minimum Gasteiger partial charge on any atom is -0.580 e. The lowest BCUT2D eigenvalue weighted by Crippen LogP contribution is -2.44. The molecule has 17 heavy (non-hydrogen) atoms. The lowest BCUT2D eigenvalue weighted by molar-refractivity contribution is 0.332. The van der Waals surface area contributed by atoms with E-state index >= 15 is 0 Å². The molecule has 1 heterocycles. The lowest BCUT2D eigenvalue weighted by atomic mass is 10.4. The van der Waals surface area contributed by atoms with Crippen LogP contribution in [0.25, 0.3) is 0 Å². The Labute approximate surface area is 108 Å². The van der Waals surface area contributed by atoms with Crippen LogP contribution in [0.3, 0.4) is 0 Å². The molecule has 0 aromatic rings. The molecule has 0 saturated carbocycles. The van der Waals surface area contributed by atoms with Gasteiger partial charge in [0.05, 0.1) is 0 Å². The molecule has 0 bridgehead atoms. The predicted molar refractivity (Wildman–Crippen MR) is 68.4 cm³/mol. The molecule has 6 nitrogen and oxygen atoms in total. The first-order valence-electron chi connectivity index (χ1n) is 5.42. The normalized spacial score (nSPS) is 26.3. The Hall–Kier alpha value is 0.261. The fourth-order valence-corrected chi connectivity index (χ4v) is 36.4. The van der Waals surface area contributed by atoms with Gasteiger partial charge in [-0.15, -0.1) is 0 Å². The molecule has 12 heteroatoms. The van der Waals surface area contributed by atoms with Gasteiger partial charge in [-0.25, -0.2) is 0 Å². The highest BCUT2D eigenvalue weighted by Crippen LogP contribution is 2.04. The third-order valence-electron chi connectivity index (χ3n) is 2.34. The second kappa shape index (κ2) is 7.64. The van der Waals surface area contributed by atoms with Crippen molar-refractivity contribution in [2.45, 2.75) is 25.4 Å². The number of rotatable bonds is 0. The van der Waals surface area contributed by atoms with Crippen molar-refractivity contribution in [1.29, 1.82) is 0 Å². The predicted octanol–water partition coefficient (Wildman–Crippen LogP) is -1.83. The summed E-state index contributed by atoms with van der Waals surface area (Å²) in [5.41, 5.74) is 0. The maximum Gasteiger partial charge on any atom is 0.532 e. The Morgan fingerprint density at radius 3 is 2.53 bits per heavy atom. The average Bonchev–Trinajstić information content (AvgIpc) is 2.30. The fraction of sp³-hybridized carbons (Fsp3) is 1.00. The van der Waals surface area contributed by atoms with E-state index < -0.39 is 49.9 Å². The molecule has 0 aliphatic carbocycles. The molecule has 1 atom stereocenters. The van der Waals surface area contributed by atoms with Gasteiger partial charge in [0.1, 0.15) is 0 Å². The van der Waals surface area contributed by atoms with E-state index in [0.717, 1.165) is 18.9 Å². The quantitative estimate of drug-likeness (QED) is 0.483. The van der Waals surface area contributed by atoms with Crippen LogP contribution in [0, 0.1) is 0 Å². The summed E-state index contributed by atoms with van der Waals surface area (Å²) in [5, 5.41) is 0. The van der Waals surface area contributed by atoms with Crippen LogP contribution in [0.1, 0.15) is 12.8 Å². The van der Waals surface area contributed by atoms with Gasteiger partial charge in [0.25, 0.3) is 0 Å². The molecule has 0 radical (unpaired) electrons. The molecule has 1 aliphatic heterocycles. The van der Waals surface area contributed by atoms with Crippen LogP contribution in [0.5, 0.6) is 0 Å². The summed E-state index contributed by atoms with van der Waals surface area (Å²) in [6.45, 7) is 2.42. The van der Waals surface area contributed by atoms with Crippen molar-refractivity contribution in [3.05, 3.63) is 0 Å². The van der Waals surface area contributed by atoms with Crippen molar-refractivity contribution in [1.82, 2.24) is 0 Å². The summed E-state index contributed by atoms with van der Waals surface area (Å²) in [4.78, 5) is 0. The molecule has 1 aliphatic rings. The highest BCUT2D eigenvalue weighted by molar-refractivity contribution is 7.59. The first-order valence-corrected chi connectivity index (χ1v) is 19.3. The Kier molecular flexibility index (Phi) is 6.89. The van der Waals surface area contributed by atoms with Gasteiger partial charge in [0, 0.05) is 6.61 Å². The second-order valence-electron chi connectivity index (χ2n) is 3.85. The number of hydrogen-bond donors (Lipinski definition) is 0. The number of hydrogen-bond acceptors (Lipinski definition) is 6. The molecule has 1 rings (SSSR count). The average molecular weight is 339 g/mol. The van der Waals surface area contributed by atoms with Crippen molar-refractivity contribution >= 4 is 49.9 Å². The van der Waals surface area contributed by atoms with Crippen molar-refractivity contribution in [2.24, 2.45) is 0 Å². The van der Waals surface area contributed by atoms with Gasteiger partial charge in [-0.2, -0.15) is 0 Å². The second-order valence-corrected chi connectivity index (χ2v) is 26.7. The molecule has 1 unspecified atom stereocenters. The van der Waals surface area contributed by atoms with Crippen LogP contribution in [0.2, 0.25) is 12.6 Å². The zero-order chi connectivity index (χ0) is 12.8. The van der Waals surface area contributed by atoms with Crippen LogP contribution in [0.15, 0.2) is 0 Å². The first-order chi connectivity index (χ1) is 8.02. The van der Waals surface area contributed by atoms with Gasteiger partial charge in [-0.05, 0) is 19.0 Å². The molecule has 0 spiro atoms. The minimum absolute atomic E-state index is 0.537. The highest BCUT2D eigenvalue weighted by Gasteiger charge is 2.40. The molecular formula is C5H14O6Si6. The molecular weight excluding hydrogens is 325 g/mol. The van der Waals surface area contributed by atoms with Gasteiger partial charge >= 0.3 is 31.6 Å². The van der Waals surface area contributed by atoms with Crippen LogP contribution in [-0.4, -0.2) is 56.5 Å². The smallest absolute Gasteiger partial charge is 0.532 e. The lowest BCUT2D eigenvalue weighted by Gasteiger charge is -2.11. The van der Waals surface area contributed by atoms with Crippen molar-refractivity contribution in [2.75, 3.05) is 6.61 Å². The summed E-state index contributed by atoms with van der Waals surface area (Å²) >= 11 is 0. The largest absolute Gasteiger partial charge is 0.580 e. The van der Waals surface area contributed by atoms with Gasteiger partial charge in [0.15, 0.2) is 0 Å². The Bertz CT molecular complexity index is 357. The van der Waals surface area contributed by atoms with E-state index in [1.165, 1.54) is 0 Å². The molecule has 1 saturated heterocycles. The molecule has 0 aromatic carbocycles. The zero-order valence-electron chi connectivity index (χ0n) is 9.56. The topological polar surface area (TPSA) is 86.7 Å². The Balaban J connectivity index is 2.72. The molecule has 0 amide bonds. The fourth-order valence-electron chi connectivity index (χ4n) is 1.38. The van der Waals surface area contributed by atoms with Crippen LogP contribution in [-0.2, 0) is 26.4 Å². The van der Waals surface area contributed by atoms with E-state index in [-0.39, 0.29) is 0 Å². The molecule has 94 valence electrons. The summed E-state index contributed by atoms with van der Waals surface area (Å²) in [7, 11) is -13.6. The molecule has 0 aromatic heterocycles. The third-order valence-corrected chi connectivity index (χ3v) is 32.5. The zero-order valence-corrected chi connectivity index (χ0v) is 16.1. The van der Waals surface area contributed by atoms with E-state index in [1.54, 1.807) is 0 Å². The van der Waals surface area contributed by atoms with Gasteiger partial charge in [0.2, 0.25) is 18.3 Å². The van der Waals surface area contributed by atoms with Crippen LogP contribution < -0.4 is 0 Å². The molecule has 1 fully saturated rings. The summed E-state index contributed by atoms with van der Waals surface area (Å²) in [6.07, 6.45) is 1.79.